The average molecular weight is 252 g/mol. The van der Waals surface area contributed by atoms with Gasteiger partial charge in [0.1, 0.15) is 18.0 Å². The Morgan fingerprint density at radius 2 is 2.11 bits per heavy atom. The Morgan fingerprint density at radius 3 is 2.67 bits per heavy atom. The van der Waals surface area contributed by atoms with Crippen LogP contribution in [0.3, 0.4) is 0 Å². The molecule has 0 radical (unpaired) electrons. The van der Waals surface area contributed by atoms with Crippen LogP contribution in [0.15, 0.2) is 12.1 Å². The number of β-amino-alcohol motifs (C(OH)–C–C–N with tert-alkyl or cyclic N) is 1. The van der Waals surface area contributed by atoms with Crippen LogP contribution in [-0.2, 0) is 0 Å². The summed E-state index contributed by atoms with van der Waals surface area (Å²) in [6.07, 6.45) is -0.934. The number of aliphatic hydroxyl groups is 1. The van der Waals surface area contributed by atoms with Gasteiger partial charge < -0.3 is 15.2 Å². The number of nitro groups is 1. The van der Waals surface area contributed by atoms with Gasteiger partial charge in [-0.2, -0.15) is 0 Å². The molecule has 0 aliphatic carbocycles. The molecular formula is C12H16N2O4. The molecule has 1 heterocycles. The lowest BCUT2D eigenvalue weighted by Gasteiger charge is -2.18. The molecule has 0 bridgehead atoms. The first-order chi connectivity index (χ1) is 8.49. The number of benzene rings is 1. The van der Waals surface area contributed by atoms with Crippen molar-refractivity contribution in [3.8, 4) is 5.75 Å². The van der Waals surface area contributed by atoms with E-state index in [1.165, 1.54) is 6.07 Å². The standard InChI is InChI=1S/C12H16N2O4/c1-7-3-8(2)11(4-9(7)14(16)17)18-12-6-13-5-10(12)15/h3-4,10,12-13,15H,5-6H2,1-2H3. The van der Waals surface area contributed by atoms with Crippen molar-refractivity contribution in [2.45, 2.75) is 26.1 Å². The number of hydrogen-bond donors (Lipinski definition) is 2. The lowest BCUT2D eigenvalue weighted by atomic mass is 10.1. The third-order valence-corrected chi connectivity index (χ3v) is 3.10. The van der Waals surface area contributed by atoms with E-state index in [9.17, 15) is 15.2 Å². The molecule has 6 heteroatoms. The number of ether oxygens (including phenoxy) is 1. The number of nitrogens with zero attached hydrogens (tertiary/aromatic N) is 1. The predicted octanol–water partition coefficient (Wildman–Crippen LogP) is 0.923. The van der Waals surface area contributed by atoms with E-state index in [4.69, 9.17) is 4.74 Å². The van der Waals surface area contributed by atoms with Crippen molar-refractivity contribution in [3.05, 3.63) is 33.4 Å². The van der Waals surface area contributed by atoms with Crippen molar-refractivity contribution in [1.29, 1.82) is 0 Å². The summed E-state index contributed by atoms with van der Waals surface area (Å²) in [7, 11) is 0. The number of hydrogen-bond acceptors (Lipinski definition) is 5. The molecule has 1 aromatic carbocycles. The molecule has 0 aromatic heterocycles. The van der Waals surface area contributed by atoms with Gasteiger partial charge in [-0.1, -0.05) is 0 Å². The average Bonchev–Trinajstić information content (AvgIpc) is 2.67. The number of aryl methyl sites for hydroxylation is 2. The van der Waals surface area contributed by atoms with Gasteiger partial charge in [-0.25, -0.2) is 0 Å². The first-order valence-electron chi connectivity index (χ1n) is 5.80. The fourth-order valence-corrected chi connectivity index (χ4v) is 2.07. The minimum Gasteiger partial charge on any atom is -0.486 e. The van der Waals surface area contributed by atoms with Gasteiger partial charge in [-0.3, -0.25) is 10.1 Å². The van der Waals surface area contributed by atoms with E-state index < -0.39 is 11.0 Å². The molecule has 6 nitrogen and oxygen atoms in total. The van der Waals surface area contributed by atoms with Crippen LogP contribution < -0.4 is 10.1 Å². The van der Waals surface area contributed by atoms with Gasteiger partial charge >= 0.3 is 0 Å². The molecular weight excluding hydrogens is 236 g/mol. The molecule has 2 rings (SSSR count). The number of nitro benzene ring substituents is 1. The van der Waals surface area contributed by atoms with E-state index >= 15 is 0 Å². The Morgan fingerprint density at radius 1 is 1.39 bits per heavy atom. The van der Waals surface area contributed by atoms with Gasteiger partial charge in [0.2, 0.25) is 0 Å². The van der Waals surface area contributed by atoms with E-state index in [2.05, 4.69) is 5.32 Å². The van der Waals surface area contributed by atoms with Crippen molar-refractivity contribution in [1.82, 2.24) is 5.32 Å². The molecule has 18 heavy (non-hydrogen) atoms. The maximum absolute atomic E-state index is 10.9. The van der Waals surface area contributed by atoms with Gasteiger partial charge in [0.15, 0.2) is 0 Å². The Kier molecular flexibility index (Phi) is 3.49. The summed E-state index contributed by atoms with van der Waals surface area (Å²) in [6.45, 7) is 4.56. The van der Waals surface area contributed by atoms with Crippen LogP contribution in [0, 0.1) is 24.0 Å². The van der Waals surface area contributed by atoms with Gasteiger partial charge in [-0.05, 0) is 25.5 Å². The van der Waals surface area contributed by atoms with E-state index in [-0.39, 0.29) is 11.8 Å². The molecule has 0 spiro atoms. The van der Waals surface area contributed by atoms with Crippen LogP contribution in [0.5, 0.6) is 5.75 Å². The Balaban J connectivity index is 2.27. The highest BCUT2D eigenvalue weighted by atomic mass is 16.6. The summed E-state index contributed by atoms with van der Waals surface area (Å²) in [5, 5.41) is 23.5. The molecule has 2 unspecified atom stereocenters. The van der Waals surface area contributed by atoms with Crippen LogP contribution in [0.1, 0.15) is 11.1 Å². The fraction of sp³-hybridized carbons (Fsp3) is 0.500. The van der Waals surface area contributed by atoms with Gasteiger partial charge in [0.25, 0.3) is 5.69 Å². The quantitative estimate of drug-likeness (QED) is 0.617. The predicted molar refractivity (Wildman–Crippen MR) is 65.9 cm³/mol. The van der Waals surface area contributed by atoms with Crippen molar-refractivity contribution < 1.29 is 14.8 Å². The second kappa shape index (κ2) is 4.91. The zero-order valence-corrected chi connectivity index (χ0v) is 10.3. The summed E-state index contributed by atoms with van der Waals surface area (Å²) in [4.78, 5) is 10.4. The second-order valence-corrected chi connectivity index (χ2v) is 4.54. The topological polar surface area (TPSA) is 84.6 Å². The summed E-state index contributed by atoms with van der Waals surface area (Å²) in [5.41, 5.74) is 1.48. The molecule has 1 aromatic rings. The van der Waals surface area contributed by atoms with Crippen molar-refractivity contribution in [3.63, 3.8) is 0 Å². The molecule has 1 aliphatic rings. The minimum atomic E-state index is -0.579. The highest BCUT2D eigenvalue weighted by molar-refractivity contribution is 5.49. The van der Waals surface area contributed by atoms with E-state index in [0.29, 0.717) is 24.4 Å². The van der Waals surface area contributed by atoms with E-state index in [1.807, 2.05) is 6.92 Å². The number of nitrogens with one attached hydrogen (secondary N) is 1. The molecule has 0 saturated carbocycles. The lowest BCUT2D eigenvalue weighted by Crippen LogP contribution is -2.30. The third-order valence-electron chi connectivity index (χ3n) is 3.10. The maximum atomic E-state index is 10.9. The van der Waals surface area contributed by atoms with Crippen molar-refractivity contribution in [2.24, 2.45) is 0 Å². The molecule has 1 aliphatic heterocycles. The van der Waals surface area contributed by atoms with E-state index in [0.717, 1.165) is 5.56 Å². The molecule has 1 saturated heterocycles. The Bertz CT molecular complexity index is 475. The largest absolute Gasteiger partial charge is 0.486 e. The Hall–Kier alpha value is -1.66. The smallest absolute Gasteiger partial charge is 0.276 e. The van der Waals surface area contributed by atoms with Crippen LogP contribution in [0.4, 0.5) is 5.69 Å². The SMILES string of the molecule is Cc1cc(C)c([N+](=O)[O-])cc1OC1CNCC1O. The summed E-state index contributed by atoms with van der Waals surface area (Å²) >= 11 is 0. The van der Waals surface area contributed by atoms with Gasteiger partial charge in [-0.15, -0.1) is 0 Å². The molecule has 0 amide bonds. The summed E-state index contributed by atoms with van der Waals surface area (Å²) in [5.74, 6) is 0.458. The molecule has 1 fully saturated rings. The van der Waals surface area contributed by atoms with Crippen molar-refractivity contribution in [2.75, 3.05) is 13.1 Å². The summed E-state index contributed by atoms with van der Waals surface area (Å²) < 4.78 is 5.65. The normalized spacial score (nSPS) is 23.1. The number of rotatable bonds is 3. The highest BCUT2D eigenvalue weighted by Gasteiger charge is 2.27. The Labute approximate surface area is 105 Å². The van der Waals surface area contributed by atoms with Crippen LogP contribution in [-0.4, -0.2) is 35.3 Å². The molecule has 2 N–H and O–H groups in total. The number of aliphatic hydroxyl groups excluding tert-OH is 1. The maximum Gasteiger partial charge on any atom is 0.276 e. The zero-order chi connectivity index (χ0) is 13.3. The fourth-order valence-electron chi connectivity index (χ4n) is 2.07. The molecule has 98 valence electrons. The minimum absolute atomic E-state index is 0.0380. The lowest BCUT2D eigenvalue weighted by molar-refractivity contribution is -0.385. The summed E-state index contributed by atoms with van der Waals surface area (Å²) in [6, 6.07) is 3.15. The highest BCUT2D eigenvalue weighted by Crippen LogP contribution is 2.29. The van der Waals surface area contributed by atoms with Gasteiger partial charge in [0.05, 0.1) is 11.0 Å². The van der Waals surface area contributed by atoms with Crippen LogP contribution in [0.25, 0.3) is 0 Å². The second-order valence-electron chi connectivity index (χ2n) is 4.54. The van der Waals surface area contributed by atoms with Crippen LogP contribution in [0.2, 0.25) is 0 Å². The van der Waals surface area contributed by atoms with Crippen LogP contribution >= 0.6 is 0 Å². The monoisotopic (exact) mass is 252 g/mol. The third kappa shape index (κ3) is 2.44. The first kappa shape index (κ1) is 12.8. The van der Waals surface area contributed by atoms with Gasteiger partial charge in [0, 0.05) is 18.7 Å². The zero-order valence-electron chi connectivity index (χ0n) is 10.3. The van der Waals surface area contributed by atoms with Crippen molar-refractivity contribution >= 4 is 5.69 Å². The molecule has 2 atom stereocenters. The van der Waals surface area contributed by atoms with E-state index in [1.54, 1.807) is 13.0 Å². The first-order valence-corrected chi connectivity index (χ1v) is 5.80.